The predicted molar refractivity (Wildman–Crippen MR) is 117 cm³/mol. The van der Waals surface area contributed by atoms with E-state index in [1.54, 1.807) is 36.4 Å². The molecule has 1 aromatic heterocycles. The number of aromatic nitrogens is 2. The largest absolute Gasteiger partial charge is 0.492 e. The standard InChI is InChI=1S/C20H21ClN4O4S/c1-2-29-18-7-4-13(10-16(18)21)11-19(26)22-20-15-12-14(5-6-17(15)23-24-20)25-8-3-9-30(25,27)28/h4-7,10,12H,2-3,8-9,11H2,1H3,(H2,22,23,24,26). The first-order chi connectivity index (χ1) is 14.4. The van der Waals surface area contributed by atoms with E-state index in [9.17, 15) is 13.2 Å². The average Bonchev–Trinajstić information content (AvgIpc) is 3.26. The molecule has 2 heterocycles. The van der Waals surface area contributed by atoms with Crippen molar-refractivity contribution < 1.29 is 17.9 Å². The molecule has 2 N–H and O–H groups in total. The molecule has 10 heteroatoms. The van der Waals surface area contributed by atoms with E-state index < -0.39 is 10.0 Å². The Kier molecular flexibility index (Phi) is 5.57. The Bertz CT molecular complexity index is 1210. The van der Waals surface area contributed by atoms with Crippen LogP contribution in [-0.2, 0) is 21.2 Å². The maximum atomic E-state index is 12.5. The van der Waals surface area contributed by atoms with Gasteiger partial charge < -0.3 is 10.1 Å². The lowest BCUT2D eigenvalue weighted by atomic mass is 10.1. The molecular weight excluding hydrogens is 428 g/mol. The fourth-order valence-electron chi connectivity index (χ4n) is 3.47. The van der Waals surface area contributed by atoms with Crippen molar-refractivity contribution in [2.24, 2.45) is 0 Å². The van der Waals surface area contributed by atoms with Gasteiger partial charge in [-0.05, 0) is 49.2 Å². The molecule has 0 unspecified atom stereocenters. The summed E-state index contributed by atoms with van der Waals surface area (Å²) in [5.74, 6) is 0.810. The van der Waals surface area contributed by atoms with E-state index >= 15 is 0 Å². The Hall–Kier alpha value is -2.78. The summed E-state index contributed by atoms with van der Waals surface area (Å²) in [5, 5.41) is 10.9. The van der Waals surface area contributed by atoms with Crippen molar-refractivity contribution in [3.8, 4) is 5.75 Å². The number of fused-ring (bicyclic) bond motifs is 1. The van der Waals surface area contributed by atoms with Crippen molar-refractivity contribution in [2.75, 3.05) is 28.5 Å². The van der Waals surface area contributed by atoms with E-state index in [1.807, 2.05) is 6.92 Å². The quantitative estimate of drug-likeness (QED) is 0.601. The molecule has 0 bridgehead atoms. The molecule has 0 saturated carbocycles. The number of H-pyrrole nitrogens is 1. The summed E-state index contributed by atoms with van der Waals surface area (Å²) in [6, 6.07) is 10.4. The van der Waals surface area contributed by atoms with E-state index in [0.29, 0.717) is 52.8 Å². The molecule has 8 nitrogen and oxygen atoms in total. The fraction of sp³-hybridized carbons (Fsp3) is 0.300. The number of benzene rings is 2. The molecule has 0 aliphatic carbocycles. The minimum Gasteiger partial charge on any atom is -0.492 e. The number of anilines is 2. The fourth-order valence-corrected chi connectivity index (χ4v) is 5.28. The number of hydrogen-bond donors (Lipinski definition) is 2. The Morgan fingerprint density at radius 2 is 2.13 bits per heavy atom. The molecule has 30 heavy (non-hydrogen) atoms. The van der Waals surface area contributed by atoms with Crippen LogP contribution in [0.3, 0.4) is 0 Å². The van der Waals surface area contributed by atoms with Crippen LogP contribution >= 0.6 is 11.6 Å². The highest BCUT2D eigenvalue weighted by Gasteiger charge is 2.28. The van der Waals surface area contributed by atoms with Crippen molar-refractivity contribution in [3.63, 3.8) is 0 Å². The second kappa shape index (κ2) is 8.16. The topological polar surface area (TPSA) is 104 Å². The van der Waals surface area contributed by atoms with Gasteiger partial charge in [0.05, 0.1) is 35.0 Å². The predicted octanol–water partition coefficient (Wildman–Crippen LogP) is 3.34. The van der Waals surface area contributed by atoms with E-state index in [0.717, 1.165) is 5.56 Å². The average molecular weight is 449 g/mol. The Morgan fingerprint density at radius 3 is 2.83 bits per heavy atom. The van der Waals surface area contributed by atoms with Gasteiger partial charge in [0, 0.05) is 11.9 Å². The molecule has 158 valence electrons. The summed E-state index contributed by atoms with van der Waals surface area (Å²) in [6.07, 6.45) is 0.709. The monoisotopic (exact) mass is 448 g/mol. The van der Waals surface area contributed by atoms with Crippen molar-refractivity contribution in [3.05, 3.63) is 47.0 Å². The summed E-state index contributed by atoms with van der Waals surface area (Å²) >= 11 is 6.19. The van der Waals surface area contributed by atoms with Gasteiger partial charge in [-0.1, -0.05) is 17.7 Å². The second-order valence-corrected chi connectivity index (χ2v) is 9.39. The van der Waals surface area contributed by atoms with Crippen molar-refractivity contribution >= 4 is 49.9 Å². The number of nitrogens with zero attached hydrogens (tertiary/aromatic N) is 2. The highest BCUT2D eigenvalue weighted by molar-refractivity contribution is 7.93. The lowest BCUT2D eigenvalue weighted by Gasteiger charge is -2.16. The molecular formula is C20H21ClN4O4S. The summed E-state index contributed by atoms with van der Waals surface area (Å²) in [5.41, 5.74) is 2.01. The number of sulfonamides is 1. The van der Waals surface area contributed by atoms with Gasteiger partial charge >= 0.3 is 0 Å². The van der Waals surface area contributed by atoms with Crippen molar-refractivity contribution in [1.82, 2.24) is 10.2 Å². The summed E-state index contributed by atoms with van der Waals surface area (Å²) < 4.78 is 31.2. The lowest BCUT2D eigenvalue weighted by molar-refractivity contribution is -0.115. The lowest BCUT2D eigenvalue weighted by Crippen LogP contribution is -2.24. The number of hydrogen-bond acceptors (Lipinski definition) is 5. The molecule has 0 spiro atoms. The zero-order valence-electron chi connectivity index (χ0n) is 16.3. The first kappa shape index (κ1) is 20.5. The maximum absolute atomic E-state index is 12.5. The molecule has 4 rings (SSSR count). The van der Waals surface area contributed by atoms with E-state index in [-0.39, 0.29) is 18.1 Å². The van der Waals surface area contributed by atoms with Gasteiger partial charge in [0.2, 0.25) is 15.9 Å². The number of carbonyl (C=O) groups is 1. The summed E-state index contributed by atoms with van der Waals surface area (Å²) in [4.78, 5) is 12.5. The van der Waals surface area contributed by atoms with Crippen LogP contribution in [0.5, 0.6) is 5.75 Å². The summed E-state index contributed by atoms with van der Waals surface area (Å²) in [7, 11) is -3.29. The van der Waals surface area contributed by atoms with E-state index in [2.05, 4.69) is 15.5 Å². The van der Waals surface area contributed by atoms with Crippen LogP contribution < -0.4 is 14.4 Å². The highest BCUT2D eigenvalue weighted by atomic mass is 35.5. The highest BCUT2D eigenvalue weighted by Crippen LogP contribution is 2.30. The van der Waals surface area contributed by atoms with Crippen LogP contribution in [-0.4, -0.2) is 43.4 Å². The van der Waals surface area contributed by atoms with Crippen molar-refractivity contribution in [2.45, 2.75) is 19.8 Å². The zero-order valence-corrected chi connectivity index (χ0v) is 17.9. The number of halogens is 1. The molecule has 1 amide bonds. The van der Waals surface area contributed by atoms with Crippen LogP contribution in [0.25, 0.3) is 10.9 Å². The molecule has 0 radical (unpaired) electrons. The second-order valence-electron chi connectivity index (χ2n) is 6.97. The molecule has 1 aliphatic heterocycles. The Balaban J connectivity index is 1.53. The van der Waals surface area contributed by atoms with Gasteiger partial charge in [0.25, 0.3) is 0 Å². The van der Waals surface area contributed by atoms with Gasteiger partial charge in [-0.3, -0.25) is 14.2 Å². The van der Waals surface area contributed by atoms with Crippen LogP contribution in [0, 0.1) is 0 Å². The number of amides is 1. The zero-order chi connectivity index (χ0) is 21.3. The smallest absolute Gasteiger partial charge is 0.235 e. The maximum Gasteiger partial charge on any atom is 0.235 e. The number of aromatic amines is 1. The molecule has 1 fully saturated rings. The molecule has 0 atom stereocenters. The first-order valence-corrected chi connectivity index (χ1v) is 11.6. The third-order valence-electron chi connectivity index (χ3n) is 4.85. The van der Waals surface area contributed by atoms with Crippen LogP contribution in [0.2, 0.25) is 5.02 Å². The minimum absolute atomic E-state index is 0.112. The molecule has 3 aromatic rings. The van der Waals surface area contributed by atoms with Gasteiger partial charge in [-0.25, -0.2) is 8.42 Å². The minimum atomic E-state index is -3.29. The number of nitrogens with one attached hydrogen (secondary N) is 2. The van der Waals surface area contributed by atoms with Gasteiger partial charge in [-0.2, -0.15) is 5.10 Å². The van der Waals surface area contributed by atoms with E-state index in [4.69, 9.17) is 16.3 Å². The number of ether oxygens (including phenoxy) is 1. The SMILES string of the molecule is CCOc1ccc(CC(=O)Nc2n[nH]c3ccc(N4CCCS4(=O)=O)cc23)cc1Cl. The van der Waals surface area contributed by atoms with Gasteiger partial charge in [0.15, 0.2) is 5.82 Å². The van der Waals surface area contributed by atoms with Crippen LogP contribution in [0.1, 0.15) is 18.9 Å². The Morgan fingerprint density at radius 1 is 1.30 bits per heavy atom. The van der Waals surface area contributed by atoms with Crippen LogP contribution in [0.4, 0.5) is 11.5 Å². The van der Waals surface area contributed by atoms with Gasteiger partial charge in [-0.15, -0.1) is 0 Å². The first-order valence-electron chi connectivity index (χ1n) is 9.57. The third-order valence-corrected chi connectivity index (χ3v) is 7.02. The summed E-state index contributed by atoms with van der Waals surface area (Å²) in [6.45, 7) is 2.83. The normalized spacial score (nSPS) is 15.5. The third kappa shape index (κ3) is 4.08. The molecule has 2 aromatic carbocycles. The van der Waals surface area contributed by atoms with Gasteiger partial charge in [0.1, 0.15) is 5.75 Å². The molecule has 1 aliphatic rings. The van der Waals surface area contributed by atoms with E-state index in [1.165, 1.54) is 4.31 Å². The number of rotatable bonds is 6. The van der Waals surface area contributed by atoms with Crippen molar-refractivity contribution in [1.29, 1.82) is 0 Å². The molecule has 1 saturated heterocycles. The Labute approximate surface area is 179 Å². The van der Waals surface area contributed by atoms with Crippen LogP contribution in [0.15, 0.2) is 36.4 Å². The number of carbonyl (C=O) groups excluding carboxylic acids is 1.